The molecular formula is C17H17ClF3N3S. The Balaban J connectivity index is 0.00000151. The number of halogens is 4. The number of benzene rings is 1. The Hall–Kier alpha value is -1.75. The average molecular weight is 388 g/mol. The molecule has 8 heteroatoms. The molecule has 2 aromatic rings. The Labute approximate surface area is 154 Å². The van der Waals surface area contributed by atoms with Gasteiger partial charge in [0, 0.05) is 22.3 Å². The molecular weight excluding hydrogens is 371 g/mol. The van der Waals surface area contributed by atoms with E-state index in [2.05, 4.69) is 4.98 Å². The van der Waals surface area contributed by atoms with Gasteiger partial charge in [0.05, 0.1) is 5.56 Å². The number of hydrogen-bond acceptors (Lipinski definition) is 4. The lowest BCUT2D eigenvalue weighted by molar-refractivity contribution is -0.169. The molecule has 0 amide bonds. The van der Waals surface area contributed by atoms with Crippen molar-refractivity contribution in [3.05, 3.63) is 58.9 Å². The molecule has 0 saturated heterocycles. The van der Waals surface area contributed by atoms with E-state index in [0.29, 0.717) is 15.5 Å². The fourth-order valence-electron chi connectivity index (χ4n) is 2.00. The molecule has 1 atom stereocenters. The minimum Gasteiger partial charge on any atom is -0.262 e. The highest BCUT2D eigenvalue weighted by atomic mass is 35.5. The van der Waals surface area contributed by atoms with E-state index in [0.717, 1.165) is 16.3 Å². The SMILES string of the molecule is CC.CN(Sc1cncc(C#N)c1)[C@H](c1ccc(Cl)cc1)C(F)(F)F. The van der Waals surface area contributed by atoms with Crippen LogP contribution >= 0.6 is 23.5 Å². The number of pyridine rings is 1. The van der Waals surface area contributed by atoms with Gasteiger partial charge in [-0.25, -0.2) is 4.31 Å². The van der Waals surface area contributed by atoms with Crippen molar-refractivity contribution in [1.82, 2.24) is 9.29 Å². The summed E-state index contributed by atoms with van der Waals surface area (Å²) in [6, 6.07) is 7.13. The molecule has 0 spiro atoms. The molecule has 0 saturated carbocycles. The summed E-state index contributed by atoms with van der Waals surface area (Å²) in [6.45, 7) is 4.00. The highest BCUT2D eigenvalue weighted by Crippen LogP contribution is 2.41. The van der Waals surface area contributed by atoms with Crippen LogP contribution in [0.5, 0.6) is 0 Å². The van der Waals surface area contributed by atoms with Gasteiger partial charge in [0.25, 0.3) is 0 Å². The van der Waals surface area contributed by atoms with Gasteiger partial charge in [0.1, 0.15) is 12.1 Å². The lowest BCUT2D eigenvalue weighted by Gasteiger charge is -2.29. The van der Waals surface area contributed by atoms with E-state index in [1.807, 2.05) is 19.9 Å². The first-order chi connectivity index (χ1) is 11.8. The molecule has 0 unspecified atom stereocenters. The van der Waals surface area contributed by atoms with Crippen molar-refractivity contribution in [3.63, 3.8) is 0 Å². The molecule has 0 bridgehead atoms. The Kier molecular flexibility index (Phi) is 8.23. The van der Waals surface area contributed by atoms with Crippen molar-refractivity contribution in [3.8, 4) is 6.07 Å². The Morgan fingerprint density at radius 2 is 1.80 bits per heavy atom. The lowest BCUT2D eigenvalue weighted by Crippen LogP contribution is -2.31. The van der Waals surface area contributed by atoms with E-state index in [4.69, 9.17) is 16.9 Å². The van der Waals surface area contributed by atoms with Gasteiger partial charge < -0.3 is 0 Å². The number of aromatic nitrogens is 1. The zero-order chi connectivity index (χ0) is 19.0. The second-order valence-electron chi connectivity index (χ2n) is 4.65. The molecule has 25 heavy (non-hydrogen) atoms. The van der Waals surface area contributed by atoms with Crippen LogP contribution in [0.1, 0.15) is 31.0 Å². The highest BCUT2D eigenvalue weighted by molar-refractivity contribution is 7.97. The van der Waals surface area contributed by atoms with Gasteiger partial charge >= 0.3 is 6.18 Å². The molecule has 1 heterocycles. The van der Waals surface area contributed by atoms with Gasteiger partial charge in [0.15, 0.2) is 0 Å². The molecule has 1 aromatic carbocycles. The zero-order valence-corrected chi connectivity index (χ0v) is 15.5. The molecule has 134 valence electrons. The summed E-state index contributed by atoms with van der Waals surface area (Å²) < 4.78 is 41.4. The molecule has 0 aliphatic rings. The molecule has 3 nitrogen and oxygen atoms in total. The summed E-state index contributed by atoms with van der Waals surface area (Å²) in [5.41, 5.74) is 0.375. The predicted molar refractivity (Wildman–Crippen MR) is 94.2 cm³/mol. The second kappa shape index (κ2) is 9.66. The maximum Gasteiger partial charge on any atom is 0.408 e. The van der Waals surface area contributed by atoms with Crippen molar-refractivity contribution in [2.24, 2.45) is 0 Å². The van der Waals surface area contributed by atoms with Crippen LogP contribution in [0.4, 0.5) is 13.2 Å². The predicted octanol–water partition coefficient (Wildman–Crippen LogP) is 5.88. The molecule has 1 aromatic heterocycles. The first-order valence-electron chi connectivity index (χ1n) is 7.39. The van der Waals surface area contributed by atoms with Crippen LogP contribution < -0.4 is 0 Å². The Morgan fingerprint density at radius 1 is 1.20 bits per heavy atom. The topological polar surface area (TPSA) is 39.9 Å². The molecule has 0 N–H and O–H groups in total. The molecule has 0 fully saturated rings. The van der Waals surface area contributed by atoms with E-state index in [1.165, 1.54) is 49.8 Å². The van der Waals surface area contributed by atoms with Crippen molar-refractivity contribution in [2.45, 2.75) is 31.0 Å². The van der Waals surface area contributed by atoms with E-state index in [-0.39, 0.29) is 5.56 Å². The number of hydrogen-bond donors (Lipinski definition) is 0. The number of nitriles is 1. The van der Waals surface area contributed by atoms with Crippen LogP contribution in [-0.2, 0) is 0 Å². The molecule has 0 aliphatic carbocycles. The normalized spacial score (nSPS) is 12.1. The van der Waals surface area contributed by atoms with Crippen LogP contribution in [-0.4, -0.2) is 22.5 Å². The van der Waals surface area contributed by atoms with Crippen molar-refractivity contribution in [1.29, 1.82) is 5.26 Å². The summed E-state index contributed by atoms with van der Waals surface area (Å²) >= 11 is 6.61. The fraction of sp³-hybridized carbons (Fsp3) is 0.294. The maximum absolute atomic E-state index is 13.4. The van der Waals surface area contributed by atoms with Crippen molar-refractivity contribution < 1.29 is 13.2 Å². The molecule has 0 radical (unpaired) electrons. The van der Waals surface area contributed by atoms with Crippen molar-refractivity contribution >= 4 is 23.5 Å². The van der Waals surface area contributed by atoms with Crippen LogP contribution in [0.15, 0.2) is 47.6 Å². The number of alkyl halides is 3. The van der Waals surface area contributed by atoms with Gasteiger partial charge in [-0.05, 0) is 42.8 Å². The summed E-state index contributed by atoms with van der Waals surface area (Å²) in [7, 11) is 1.34. The average Bonchev–Trinajstić information content (AvgIpc) is 2.57. The molecule has 0 aliphatic heterocycles. The minimum atomic E-state index is -4.46. The minimum absolute atomic E-state index is 0.0845. The smallest absolute Gasteiger partial charge is 0.262 e. The van der Waals surface area contributed by atoms with E-state index in [1.54, 1.807) is 0 Å². The van der Waals surface area contributed by atoms with Gasteiger partial charge in [0.2, 0.25) is 0 Å². The van der Waals surface area contributed by atoms with Crippen LogP contribution in [0, 0.1) is 11.3 Å². The number of rotatable bonds is 4. The monoisotopic (exact) mass is 387 g/mol. The second-order valence-corrected chi connectivity index (χ2v) is 6.32. The summed E-state index contributed by atoms with van der Waals surface area (Å²) in [5.74, 6) is 0. The van der Waals surface area contributed by atoms with Gasteiger partial charge in [-0.2, -0.15) is 18.4 Å². The molecule has 2 rings (SSSR count). The first-order valence-corrected chi connectivity index (χ1v) is 8.54. The van der Waals surface area contributed by atoms with E-state index in [9.17, 15) is 13.2 Å². The highest BCUT2D eigenvalue weighted by Gasteiger charge is 2.44. The largest absolute Gasteiger partial charge is 0.408 e. The van der Waals surface area contributed by atoms with E-state index < -0.39 is 12.2 Å². The number of nitrogens with zero attached hydrogens (tertiary/aromatic N) is 3. The van der Waals surface area contributed by atoms with Gasteiger partial charge in [-0.1, -0.05) is 37.6 Å². The zero-order valence-electron chi connectivity index (χ0n) is 13.9. The van der Waals surface area contributed by atoms with Crippen molar-refractivity contribution in [2.75, 3.05) is 7.05 Å². The third-order valence-corrected chi connectivity index (χ3v) is 4.14. The van der Waals surface area contributed by atoms with Gasteiger partial charge in [-0.3, -0.25) is 4.98 Å². The third-order valence-electron chi connectivity index (χ3n) is 2.95. The Morgan fingerprint density at radius 3 is 2.32 bits per heavy atom. The van der Waals surface area contributed by atoms with E-state index >= 15 is 0 Å². The lowest BCUT2D eigenvalue weighted by atomic mass is 10.1. The quantitative estimate of drug-likeness (QED) is 0.614. The summed E-state index contributed by atoms with van der Waals surface area (Å²) in [6.07, 6.45) is -1.70. The fourth-order valence-corrected chi connectivity index (χ4v) is 3.09. The third kappa shape index (κ3) is 6.24. The van der Waals surface area contributed by atoms with Crippen LogP contribution in [0.2, 0.25) is 5.02 Å². The van der Waals surface area contributed by atoms with Crippen LogP contribution in [0.3, 0.4) is 0 Å². The summed E-state index contributed by atoms with van der Waals surface area (Å²) in [4.78, 5) is 4.30. The van der Waals surface area contributed by atoms with Gasteiger partial charge in [-0.15, -0.1) is 0 Å². The first kappa shape index (κ1) is 21.3. The summed E-state index contributed by atoms with van der Waals surface area (Å²) in [5, 5.41) is 9.20. The maximum atomic E-state index is 13.4. The van der Waals surface area contributed by atoms with Crippen LogP contribution in [0.25, 0.3) is 0 Å². The Bertz CT molecular complexity index is 714. The standard InChI is InChI=1S/C15H11ClF3N3S.C2H6/c1-22(23-13-6-10(7-20)8-21-9-13)14(15(17,18)19)11-2-4-12(16)5-3-11;1-2/h2-6,8-9,14H,1H3;1-2H3/t14-;/m1./s1.